The summed E-state index contributed by atoms with van der Waals surface area (Å²) >= 11 is 0. The summed E-state index contributed by atoms with van der Waals surface area (Å²) < 4.78 is 6.36. The Bertz CT molecular complexity index is 1230. The lowest BCUT2D eigenvalue weighted by atomic mass is 9.82. The van der Waals surface area contributed by atoms with E-state index in [2.05, 4.69) is 43.9 Å². The van der Waals surface area contributed by atoms with E-state index in [0.717, 1.165) is 29.5 Å². The SMILES string of the molecule is C=C(N)c1ccc(CNC(=O)c2ccc3c(c2)C2OC3c3cc(CC)c(CC)cc32)cc1. The van der Waals surface area contributed by atoms with Gasteiger partial charge in [-0.2, -0.15) is 0 Å². The van der Waals surface area contributed by atoms with Crippen molar-refractivity contribution < 1.29 is 9.53 Å². The predicted octanol–water partition coefficient (Wildman–Crippen LogP) is 5.19. The van der Waals surface area contributed by atoms with Gasteiger partial charge in [0.1, 0.15) is 12.2 Å². The summed E-state index contributed by atoms with van der Waals surface area (Å²) in [6.45, 7) is 8.61. The van der Waals surface area contributed by atoms with Crippen molar-refractivity contribution in [3.8, 4) is 0 Å². The fourth-order valence-electron chi connectivity index (χ4n) is 4.91. The second-order valence-corrected chi connectivity index (χ2v) is 8.60. The number of nitrogens with one attached hydrogen (secondary N) is 1. The summed E-state index contributed by atoms with van der Waals surface area (Å²) in [5.74, 6) is -0.0845. The fourth-order valence-corrected chi connectivity index (χ4v) is 4.91. The van der Waals surface area contributed by atoms with Crippen LogP contribution in [0.3, 0.4) is 0 Å². The molecule has 5 rings (SSSR count). The molecule has 2 heterocycles. The molecule has 162 valence electrons. The van der Waals surface area contributed by atoms with Gasteiger partial charge in [0, 0.05) is 17.8 Å². The number of carbonyl (C=O) groups excluding carboxylic acids is 1. The average molecular weight is 425 g/mol. The molecule has 2 bridgehead atoms. The molecule has 3 aromatic rings. The Labute approximate surface area is 189 Å². The second-order valence-electron chi connectivity index (χ2n) is 8.60. The highest BCUT2D eigenvalue weighted by molar-refractivity contribution is 5.94. The topological polar surface area (TPSA) is 64.3 Å². The Morgan fingerprint density at radius 2 is 1.44 bits per heavy atom. The number of fused-ring (bicyclic) bond motifs is 8. The highest BCUT2D eigenvalue weighted by Gasteiger charge is 2.43. The third kappa shape index (κ3) is 3.32. The van der Waals surface area contributed by atoms with Crippen molar-refractivity contribution in [1.82, 2.24) is 5.32 Å². The Hall–Kier alpha value is -3.37. The Morgan fingerprint density at radius 3 is 2.03 bits per heavy atom. The van der Waals surface area contributed by atoms with E-state index in [1.54, 1.807) is 0 Å². The zero-order chi connectivity index (χ0) is 22.4. The first-order chi connectivity index (χ1) is 15.5. The molecule has 4 heteroatoms. The van der Waals surface area contributed by atoms with Crippen LogP contribution in [-0.4, -0.2) is 5.91 Å². The molecule has 2 aliphatic heterocycles. The minimum atomic E-state index is -0.0845. The molecule has 0 aromatic heterocycles. The van der Waals surface area contributed by atoms with Crippen LogP contribution in [-0.2, 0) is 24.1 Å². The molecule has 0 saturated heterocycles. The number of hydrogen-bond donors (Lipinski definition) is 2. The van der Waals surface area contributed by atoms with E-state index in [-0.39, 0.29) is 18.1 Å². The summed E-state index contributed by atoms with van der Waals surface area (Å²) in [6, 6.07) is 18.3. The first-order valence-electron chi connectivity index (χ1n) is 11.3. The summed E-state index contributed by atoms with van der Waals surface area (Å²) in [5.41, 5.74) is 16.5. The predicted molar refractivity (Wildman–Crippen MR) is 127 cm³/mol. The zero-order valence-corrected chi connectivity index (χ0v) is 18.6. The van der Waals surface area contributed by atoms with Crippen LogP contribution in [0, 0.1) is 0 Å². The van der Waals surface area contributed by atoms with Crippen LogP contribution in [0.1, 0.15) is 80.9 Å². The maximum Gasteiger partial charge on any atom is 0.251 e. The first-order valence-corrected chi connectivity index (χ1v) is 11.3. The molecule has 4 nitrogen and oxygen atoms in total. The summed E-state index contributed by atoms with van der Waals surface area (Å²) in [4.78, 5) is 12.8. The van der Waals surface area contributed by atoms with Crippen molar-refractivity contribution in [2.24, 2.45) is 5.73 Å². The van der Waals surface area contributed by atoms with Crippen molar-refractivity contribution in [2.45, 2.75) is 45.4 Å². The van der Waals surface area contributed by atoms with Gasteiger partial charge < -0.3 is 15.8 Å². The van der Waals surface area contributed by atoms with E-state index in [1.165, 1.54) is 27.8 Å². The molecule has 0 fully saturated rings. The van der Waals surface area contributed by atoms with Crippen molar-refractivity contribution in [3.05, 3.63) is 111 Å². The van der Waals surface area contributed by atoms with Crippen LogP contribution in [0.15, 0.2) is 61.2 Å². The quantitative estimate of drug-likeness (QED) is 0.572. The summed E-state index contributed by atoms with van der Waals surface area (Å²) in [5, 5.41) is 3.02. The van der Waals surface area contributed by atoms with E-state index in [9.17, 15) is 4.79 Å². The molecule has 1 amide bonds. The highest BCUT2D eigenvalue weighted by atomic mass is 16.5. The van der Waals surface area contributed by atoms with Crippen molar-refractivity contribution in [1.29, 1.82) is 0 Å². The van der Waals surface area contributed by atoms with Crippen LogP contribution in [0.25, 0.3) is 5.70 Å². The minimum absolute atomic E-state index is 0.0193. The molecule has 3 N–H and O–H groups in total. The van der Waals surface area contributed by atoms with Gasteiger partial charge in [0.15, 0.2) is 0 Å². The molecule has 2 aliphatic rings. The van der Waals surface area contributed by atoms with Crippen LogP contribution in [0.5, 0.6) is 0 Å². The Kier molecular flexibility index (Phi) is 5.10. The third-order valence-electron chi connectivity index (χ3n) is 6.70. The maximum absolute atomic E-state index is 12.8. The van der Waals surface area contributed by atoms with Crippen LogP contribution in [0.4, 0.5) is 0 Å². The number of hydrogen-bond acceptors (Lipinski definition) is 3. The largest absolute Gasteiger partial charge is 0.399 e. The van der Waals surface area contributed by atoms with Crippen LogP contribution < -0.4 is 11.1 Å². The summed E-state index contributed by atoms with van der Waals surface area (Å²) in [6.07, 6.45) is 1.95. The van der Waals surface area contributed by atoms with Crippen molar-refractivity contribution in [2.75, 3.05) is 0 Å². The van der Waals surface area contributed by atoms with Crippen LogP contribution >= 0.6 is 0 Å². The number of aryl methyl sites for hydroxylation is 2. The number of carbonyl (C=O) groups is 1. The normalized spacial score (nSPS) is 17.7. The number of nitrogens with two attached hydrogens (primary N) is 1. The lowest BCUT2D eigenvalue weighted by Crippen LogP contribution is -2.23. The number of ether oxygens (including phenoxy) is 1. The standard InChI is InChI=1S/C28H28N2O2/c1-4-18-12-24-25(13-19(18)5-2)27-23-14-21(10-11-22(23)26(24)32-27)28(31)30-15-17-6-8-20(9-7-17)16(3)29/h6-14,26-27H,3-5,15,29H2,1-2H3,(H,30,31). The lowest BCUT2D eigenvalue weighted by molar-refractivity contribution is 0.0857. The summed E-state index contributed by atoms with van der Waals surface area (Å²) in [7, 11) is 0. The van der Waals surface area contributed by atoms with Gasteiger partial charge in [-0.1, -0.05) is 62.9 Å². The van der Waals surface area contributed by atoms with Gasteiger partial charge in [0.25, 0.3) is 5.91 Å². The van der Waals surface area contributed by atoms with Crippen LogP contribution in [0.2, 0.25) is 0 Å². The van der Waals surface area contributed by atoms with E-state index in [4.69, 9.17) is 10.5 Å². The van der Waals surface area contributed by atoms with Gasteiger partial charge in [-0.3, -0.25) is 4.79 Å². The smallest absolute Gasteiger partial charge is 0.251 e. The molecule has 0 saturated carbocycles. The van der Waals surface area contributed by atoms with Gasteiger partial charge in [0.2, 0.25) is 0 Å². The highest BCUT2D eigenvalue weighted by Crippen LogP contribution is 2.54. The maximum atomic E-state index is 12.8. The van der Waals surface area contributed by atoms with Gasteiger partial charge in [-0.05, 0) is 69.5 Å². The van der Waals surface area contributed by atoms with Gasteiger partial charge in [0.05, 0.1) is 0 Å². The Balaban J connectivity index is 1.35. The molecular weight excluding hydrogens is 396 g/mol. The first kappa shape index (κ1) is 20.5. The average Bonchev–Trinajstić information content (AvgIpc) is 3.38. The molecule has 0 spiro atoms. The monoisotopic (exact) mass is 424 g/mol. The van der Waals surface area contributed by atoms with Crippen molar-refractivity contribution in [3.63, 3.8) is 0 Å². The number of rotatable bonds is 6. The molecule has 2 atom stereocenters. The molecule has 0 aliphatic carbocycles. The lowest BCUT2D eigenvalue weighted by Gasteiger charge is -2.19. The van der Waals surface area contributed by atoms with E-state index in [1.807, 2.05) is 36.4 Å². The second kappa shape index (κ2) is 7.95. The Morgan fingerprint density at radius 1 is 0.875 bits per heavy atom. The van der Waals surface area contributed by atoms with Gasteiger partial charge in [-0.25, -0.2) is 0 Å². The van der Waals surface area contributed by atoms with E-state index in [0.29, 0.717) is 17.8 Å². The third-order valence-corrected chi connectivity index (χ3v) is 6.70. The van der Waals surface area contributed by atoms with Gasteiger partial charge >= 0.3 is 0 Å². The number of amides is 1. The van der Waals surface area contributed by atoms with Gasteiger partial charge in [-0.15, -0.1) is 0 Å². The zero-order valence-electron chi connectivity index (χ0n) is 18.6. The van der Waals surface area contributed by atoms with E-state index >= 15 is 0 Å². The molecule has 0 radical (unpaired) electrons. The van der Waals surface area contributed by atoms with E-state index < -0.39 is 0 Å². The minimum Gasteiger partial charge on any atom is -0.399 e. The molecule has 32 heavy (non-hydrogen) atoms. The molecule has 2 unspecified atom stereocenters. The van der Waals surface area contributed by atoms with Crippen molar-refractivity contribution >= 4 is 11.6 Å². The molecule has 3 aromatic carbocycles. The fraction of sp³-hybridized carbons (Fsp3) is 0.250. The number of benzene rings is 3. The molecular formula is C28H28N2O2.